The van der Waals surface area contributed by atoms with E-state index in [1.54, 1.807) is 16.8 Å². The molecule has 0 bridgehead atoms. The molecule has 28 heavy (non-hydrogen) atoms. The molecule has 4 aliphatic rings. The van der Waals surface area contributed by atoms with Gasteiger partial charge in [0.15, 0.2) is 0 Å². The van der Waals surface area contributed by atoms with Gasteiger partial charge < -0.3 is 14.4 Å². The Morgan fingerprint density at radius 2 is 1.96 bits per heavy atom. The van der Waals surface area contributed by atoms with Crippen LogP contribution in [0.3, 0.4) is 0 Å². The summed E-state index contributed by atoms with van der Waals surface area (Å²) in [6.45, 7) is 3.82. The molecule has 1 aromatic heterocycles. The van der Waals surface area contributed by atoms with Crippen molar-refractivity contribution >= 4 is 11.8 Å². The summed E-state index contributed by atoms with van der Waals surface area (Å²) in [5.74, 6) is 1.50. The number of carbonyl (C=O) groups is 2. The number of rotatable bonds is 4. The van der Waals surface area contributed by atoms with Gasteiger partial charge in [0.05, 0.1) is 0 Å². The quantitative estimate of drug-likeness (QED) is 0.796. The Kier molecular flexibility index (Phi) is 4.33. The summed E-state index contributed by atoms with van der Waals surface area (Å²) in [5, 5.41) is 0. The van der Waals surface area contributed by atoms with Crippen molar-refractivity contribution in [1.29, 1.82) is 0 Å². The molecule has 1 aromatic rings. The lowest BCUT2D eigenvalue weighted by Crippen LogP contribution is -2.56. The van der Waals surface area contributed by atoms with Crippen molar-refractivity contribution in [2.45, 2.75) is 45.1 Å². The largest absolute Gasteiger partial charge is 0.342 e. The van der Waals surface area contributed by atoms with E-state index in [0.29, 0.717) is 42.7 Å². The standard InChI is InChI=1S/C22H29N3O3/c26-19-3-1-2-9-23(19)11-5-20(27)24-10-4-16-13-17(18(16)14-24)21(28)25-12-8-22(15-25)6-7-22/h1-3,9,16-18H,4-8,10-15H2/t16-,17-,18-/m1/s1. The third-order valence-corrected chi connectivity index (χ3v) is 7.72. The topological polar surface area (TPSA) is 62.6 Å². The first-order valence-electron chi connectivity index (χ1n) is 10.8. The number of hydrogen-bond acceptors (Lipinski definition) is 3. The second-order valence-electron chi connectivity index (χ2n) is 9.39. The van der Waals surface area contributed by atoms with Crippen LogP contribution in [-0.2, 0) is 16.1 Å². The van der Waals surface area contributed by atoms with Gasteiger partial charge in [-0.25, -0.2) is 0 Å². The van der Waals surface area contributed by atoms with Crippen LogP contribution in [0.5, 0.6) is 0 Å². The zero-order valence-corrected chi connectivity index (χ0v) is 16.4. The lowest BCUT2D eigenvalue weighted by molar-refractivity contribution is -0.151. The molecule has 2 saturated heterocycles. The zero-order chi connectivity index (χ0) is 19.3. The molecule has 0 aromatic carbocycles. The van der Waals surface area contributed by atoms with Crippen molar-refractivity contribution in [2.24, 2.45) is 23.2 Å². The van der Waals surface area contributed by atoms with Crippen molar-refractivity contribution in [3.05, 3.63) is 34.7 Å². The number of likely N-dealkylation sites (tertiary alicyclic amines) is 2. The Morgan fingerprint density at radius 3 is 2.71 bits per heavy atom. The van der Waals surface area contributed by atoms with Gasteiger partial charge in [0, 0.05) is 57.3 Å². The third kappa shape index (κ3) is 3.16. The van der Waals surface area contributed by atoms with Gasteiger partial charge in [0.2, 0.25) is 11.8 Å². The van der Waals surface area contributed by atoms with Crippen LogP contribution >= 0.6 is 0 Å². The Hall–Kier alpha value is -2.11. The highest BCUT2D eigenvalue weighted by molar-refractivity contribution is 5.81. The summed E-state index contributed by atoms with van der Waals surface area (Å²) in [5.41, 5.74) is 0.404. The molecule has 0 N–H and O–H groups in total. The maximum absolute atomic E-state index is 13.0. The zero-order valence-electron chi connectivity index (χ0n) is 16.4. The number of nitrogens with zero attached hydrogens (tertiary/aromatic N) is 3. The van der Waals surface area contributed by atoms with Crippen molar-refractivity contribution in [3.8, 4) is 0 Å². The fourth-order valence-electron chi connectivity index (χ4n) is 5.56. The van der Waals surface area contributed by atoms with Crippen LogP contribution in [0.1, 0.15) is 38.5 Å². The molecule has 2 amide bonds. The molecular formula is C22H29N3O3. The molecule has 4 fully saturated rings. The summed E-state index contributed by atoms with van der Waals surface area (Å²) in [7, 11) is 0. The van der Waals surface area contributed by atoms with Crippen LogP contribution in [0.25, 0.3) is 0 Å². The first-order valence-corrected chi connectivity index (χ1v) is 10.8. The van der Waals surface area contributed by atoms with Crippen LogP contribution in [0, 0.1) is 23.2 Å². The van der Waals surface area contributed by atoms with Gasteiger partial charge in [-0.15, -0.1) is 0 Å². The number of pyridine rings is 1. The second kappa shape index (κ2) is 6.75. The lowest BCUT2D eigenvalue weighted by Gasteiger charge is -2.51. The fraction of sp³-hybridized carbons (Fsp3) is 0.682. The predicted octanol–water partition coefficient (Wildman–Crippen LogP) is 1.74. The van der Waals surface area contributed by atoms with Gasteiger partial charge in [0.25, 0.3) is 5.56 Å². The van der Waals surface area contributed by atoms with Crippen LogP contribution < -0.4 is 5.56 Å². The Morgan fingerprint density at radius 1 is 1.11 bits per heavy atom. The molecule has 0 unspecified atom stereocenters. The van der Waals surface area contributed by atoms with E-state index in [-0.39, 0.29) is 17.4 Å². The van der Waals surface area contributed by atoms with E-state index in [4.69, 9.17) is 0 Å². The third-order valence-electron chi connectivity index (χ3n) is 7.72. The van der Waals surface area contributed by atoms with Gasteiger partial charge in [-0.05, 0) is 55.4 Å². The van der Waals surface area contributed by atoms with Crippen molar-refractivity contribution < 1.29 is 9.59 Å². The van der Waals surface area contributed by atoms with Crippen molar-refractivity contribution in [2.75, 3.05) is 26.2 Å². The molecule has 2 aliphatic carbocycles. The lowest BCUT2D eigenvalue weighted by atomic mass is 9.61. The number of carbonyl (C=O) groups excluding carboxylic acids is 2. The normalized spacial score (nSPS) is 30.1. The average Bonchev–Trinajstić information content (AvgIpc) is 3.30. The molecule has 0 radical (unpaired) electrons. The minimum atomic E-state index is -0.0716. The van der Waals surface area contributed by atoms with Gasteiger partial charge >= 0.3 is 0 Å². The van der Waals surface area contributed by atoms with E-state index in [0.717, 1.165) is 32.5 Å². The van der Waals surface area contributed by atoms with Gasteiger partial charge in [-0.2, -0.15) is 0 Å². The molecular weight excluding hydrogens is 354 g/mol. The first kappa shape index (κ1) is 18.0. The van der Waals surface area contributed by atoms with Crippen molar-refractivity contribution in [1.82, 2.24) is 14.4 Å². The van der Waals surface area contributed by atoms with Crippen LogP contribution in [0.15, 0.2) is 29.2 Å². The molecule has 1 spiro atoms. The summed E-state index contributed by atoms with van der Waals surface area (Å²) >= 11 is 0. The van der Waals surface area contributed by atoms with E-state index < -0.39 is 0 Å². The number of fused-ring (bicyclic) bond motifs is 1. The van der Waals surface area contributed by atoms with Crippen molar-refractivity contribution in [3.63, 3.8) is 0 Å². The first-order chi connectivity index (χ1) is 13.5. The Balaban J connectivity index is 1.16. The minimum absolute atomic E-state index is 0.0716. The van der Waals surface area contributed by atoms with E-state index in [1.807, 2.05) is 11.0 Å². The number of piperidine rings is 1. The number of hydrogen-bond donors (Lipinski definition) is 0. The predicted molar refractivity (Wildman–Crippen MR) is 104 cm³/mol. The molecule has 5 rings (SSSR count). The number of aromatic nitrogens is 1. The highest BCUT2D eigenvalue weighted by Crippen LogP contribution is 2.54. The van der Waals surface area contributed by atoms with Crippen LogP contribution in [0.2, 0.25) is 0 Å². The van der Waals surface area contributed by atoms with Gasteiger partial charge in [-0.3, -0.25) is 14.4 Å². The van der Waals surface area contributed by atoms with Gasteiger partial charge in [-0.1, -0.05) is 6.07 Å². The maximum atomic E-state index is 13.0. The summed E-state index contributed by atoms with van der Waals surface area (Å²) < 4.78 is 1.58. The summed E-state index contributed by atoms with van der Waals surface area (Å²) in [6, 6.07) is 5.04. The molecule has 6 nitrogen and oxygen atoms in total. The van der Waals surface area contributed by atoms with E-state index in [9.17, 15) is 14.4 Å². The van der Waals surface area contributed by atoms with Crippen LogP contribution in [0.4, 0.5) is 0 Å². The second-order valence-corrected chi connectivity index (χ2v) is 9.39. The van der Waals surface area contributed by atoms with E-state index in [2.05, 4.69) is 4.90 Å². The van der Waals surface area contributed by atoms with Crippen LogP contribution in [-0.4, -0.2) is 52.4 Å². The molecule has 3 heterocycles. The molecule has 2 aliphatic heterocycles. The maximum Gasteiger partial charge on any atom is 0.250 e. The molecule has 3 atom stereocenters. The highest BCUT2D eigenvalue weighted by atomic mass is 16.2. The number of amides is 2. The summed E-state index contributed by atoms with van der Waals surface area (Å²) in [6.07, 6.45) is 7.85. The average molecular weight is 383 g/mol. The molecule has 150 valence electrons. The minimum Gasteiger partial charge on any atom is -0.342 e. The monoisotopic (exact) mass is 383 g/mol. The van der Waals surface area contributed by atoms with Gasteiger partial charge in [0.1, 0.15) is 0 Å². The fourth-order valence-corrected chi connectivity index (χ4v) is 5.56. The molecule has 6 heteroatoms. The highest BCUT2D eigenvalue weighted by Gasteiger charge is 2.53. The smallest absolute Gasteiger partial charge is 0.250 e. The number of aryl methyl sites for hydroxylation is 1. The SMILES string of the molecule is O=C(CCn1ccccc1=O)N1CC[C@@H]2C[C@@H](C(=O)N3CCC4(CC4)C3)[C@@H]2C1. The summed E-state index contributed by atoms with van der Waals surface area (Å²) in [4.78, 5) is 41.5. The molecule has 2 saturated carbocycles. The Labute approximate surface area is 165 Å². The van der Waals surface area contributed by atoms with E-state index in [1.165, 1.54) is 25.3 Å². The Bertz CT molecular complexity index is 843. The van der Waals surface area contributed by atoms with E-state index >= 15 is 0 Å².